The summed E-state index contributed by atoms with van der Waals surface area (Å²) in [6.07, 6.45) is 10.9. The summed E-state index contributed by atoms with van der Waals surface area (Å²) in [5.41, 5.74) is 7.80. The van der Waals surface area contributed by atoms with E-state index in [1.165, 1.54) is 19.3 Å². The Balaban J connectivity index is 1.73. The Hall–Kier alpha value is -2.77. The molecule has 8 heteroatoms. The van der Waals surface area contributed by atoms with E-state index in [9.17, 15) is 4.79 Å². The van der Waals surface area contributed by atoms with Crippen molar-refractivity contribution in [2.75, 3.05) is 5.73 Å². The van der Waals surface area contributed by atoms with Gasteiger partial charge in [-0.25, -0.2) is 24.7 Å². The molecule has 0 spiro atoms. The normalized spacial score (nSPS) is 15.8. The van der Waals surface area contributed by atoms with Gasteiger partial charge in [0.15, 0.2) is 11.3 Å². The minimum atomic E-state index is -0.152. The first-order valence-electron chi connectivity index (χ1n) is 8.24. The molecule has 0 aliphatic heterocycles. The number of nitrogens with two attached hydrogens (primary N) is 1. The van der Waals surface area contributed by atoms with Crippen LogP contribution in [0.15, 0.2) is 23.4 Å². The molecule has 1 fully saturated rings. The zero-order valence-electron chi connectivity index (χ0n) is 13.3. The zero-order chi connectivity index (χ0) is 16.5. The lowest BCUT2D eigenvalue weighted by Crippen LogP contribution is -2.23. The molecule has 0 bridgehead atoms. The van der Waals surface area contributed by atoms with Gasteiger partial charge in [0, 0.05) is 24.5 Å². The summed E-state index contributed by atoms with van der Waals surface area (Å²) in [5.74, 6) is 0.740. The van der Waals surface area contributed by atoms with Crippen molar-refractivity contribution in [3.05, 3.63) is 29.1 Å². The Kier molecular flexibility index (Phi) is 3.72. The van der Waals surface area contributed by atoms with Crippen LogP contribution in [0.3, 0.4) is 0 Å². The Labute approximate surface area is 138 Å². The number of aromatic nitrogens is 6. The van der Waals surface area contributed by atoms with Crippen LogP contribution in [0.5, 0.6) is 0 Å². The summed E-state index contributed by atoms with van der Waals surface area (Å²) in [5, 5.41) is 0. The van der Waals surface area contributed by atoms with Gasteiger partial charge in [0.1, 0.15) is 0 Å². The average Bonchev–Trinajstić information content (AvgIpc) is 2.91. The summed E-state index contributed by atoms with van der Waals surface area (Å²) in [4.78, 5) is 32.0. The second-order valence-electron chi connectivity index (χ2n) is 6.30. The summed E-state index contributed by atoms with van der Waals surface area (Å²) < 4.78 is 1.71. The van der Waals surface area contributed by atoms with Gasteiger partial charge >= 0.3 is 5.69 Å². The lowest BCUT2D eigenvalue weighted by Gasteiger charge is -2.21. The molecule has 0 amide bonds. The molecule has 0 aromatic carbocycles. The van der Waals surface area contributed by atoms with Crippen LogP contribution in [0.1, 0.15) is 32.1 Å². The highest BCUT2D eigenvalue weighted by molar-refractivity contribution is 5.70. The van der Waals surface area contributed by atoms with Crippen molar-refractivity contribution in [3.8, 4) is 11.3 Å². The van der Waals surface area contributed by atoms with Crippen molar-refractivity contribution in [2.24, 2.45) is 5.92 Å². The first-order valence-corrected chi connectivity index (χ1v) is 8.24. The van der Waals surface area contributed by atoms with Crippen molar-refractivity contribution >= 4 is 17.2 Å². The predicted molar refractivity (Wildman–Crippen MR) is 90.2 cm³/mol. The summed E-state index contributed by atoms with van der Waals surface area (Å²) in [7, 11) is 0. The number of hydrogen-bond acceptors (Lipinski definition) is 6. The Morgan fingerprint density at radius 1 is 1.12 bits per heavy atom. The van der Waals surface area contributed by atoms with Crippen LogP contribution < -0.4 is 11.4 Å². The maximum absolute atomic E-state index is 12.3. The van der Waals surface area contributed by atoms with Crippen molar-refractivity contribution < 1.29 is 0 Å². The van der Waals surface area contributed by atoms with E-state index in [2.05, 4.69) is 24.9 Å². The molecular weight excluding hydrogens is 306 g/mol. The molecule has 0 saturated heterocycles. The molecule has 8 nitrogen and oxygen atoms in total. The molecule has 4 rings (SSSR count). The number of nitrogens with one attached hydrogen (secondary N) is 1. The molecular formula is C16H19N7O. The second kappa shape index (κ2) is 6.03. The van der Waals surface area contributed by atoms with Gasteiger partial charge in [-0.15, -0.1) is 0 Å². The van der Waals surface area contributed by atoms with Crippen LogP contribution in [-0.2, 0) is 6.54 Å². The van der Waals surface area contributed by atoms with E-state index in [0.717, 1.165) is 18.4 Å². The highest BCUT2D eigenvalue weighted by Crippen LogP contribution is 2.25. The predicted octanol–water partition coefficient (Wildman–Crippen LogP) is 1.74. The molecule has 0 atom stereocenters. The van der Waals surface area contributed by atoms with E-state index in [1.54, 1.807) is 23.2 Å². The highest BCUT2D eigenvalue weighted by Gasteiger charge is 2.18. The standard InChI is InChI=1S/C16H19N7O/c17-15-19-6-11(7-20-15)12-8-18-13-14(21-12)23(16(24)22-13)9-10-4-2-1-3-5-10/h6-8,10H,1-5,9H2,(H2,17,19,20)(H,18,22,24). The Morgan fingerprint density at radius 3 is 2.62 bits per heavy atom. The van der Waals surface area contributed by atoms with E-state index >= 15 is 0 Å². The van der Waals surface area contributed by atoms with Crippen molar-refractivity contribution in [2.45, 2.75) is 38.6 Å². The monoisotopic (exact) mass is 325 g/mol. The van der Waals surface area contributed by atoms with E-state index in [-0.39, 0.29) is 11.6 Å². The van der Waals surface area contributed by atoms with Crippen molar-refractivity contribution in [1.82, 2.24) is 29.5 Å². The molecule has 3 heterocycles. The lowest BCUT2D eigenvalue weighted by atomic mass is 9.89. The van der Waals surface area contributed by atoms with Gasteiger partial charge < -0.3 is 5.73 Å². The first kappa shape index (κ1) is 14.8. The number of rotatable bonds is 3. The van der Waals surface area contributed by atoms with E-state index in [1.807, 2.05) is 0 Å². The lowest BCUT2D eigenvalue weighted by molar-refractivity contribution is 0.319. The average molecular weight is 325 g/mol. The zero-order valence-corrected chi connectivity index (χ0v) is 13.3. The smallest absolute Gasteiger partial charge is 0.328 e. The quantitative estimate of drug-likeness (QED) is 0.758. The number of H-pyrrole nitrogens is 1. The van der Waals surface area contributed by atoms with Crippen LogP contribution in [0.25, 0.3) is 22.6 Å². The first-order chi connectivity index (χ1) is 11.7. The van der Waals surface area contributed by atoms with E-state index in [4.69, 9.17) is 5.73 Å². The van der Waals surface area contributed by atoms with Gasteiger partial charge in [-0.1, -0.05) is 19.3 Å². The fourth-order valence-corrected chi connectivity index (χ4v) is 3.33. The number of aromatic amines is 1. The number of imidazole rings is 1. The van der Waals surface area contributed by atoms with Gasteiger partial charge in [0.25, 0.3) is 0 Å². The van der Waals surface area contributed by atoms with Gasteiger partial charge in [-0.2, -0.15) is 0 Å². The third kappa shape index (κ3) is 2.75. The van der Waals surface area contributed by atoms with Gasteiger partial charge in [-0.05, 0) is 18.8 Å². The Bertz CT molecular complexity index is 906. The molecule has 124 valence electrons. The van der Waals surface area contributed by atoms with Crippen LogP contribution in [-0.4, -0.2) is 29.5 Å². The van der Waals surface area contributed by atoms with Crippen LogP contribution in [0.4, 0.5) is 5.95 Å². The van der Waals surface area contributed by atoms with Crippen LogP contribution in [0.2, 0.25) is 0 Å². The molecule has 3 aromatic heterocycles. The molecule has 0 radical (unpaired) electrons. The van der Waals surface area contributed by atoms with Crippen LogP contribution in [0, 0.1) is 5.92 Å². The van der Waals surface area contributed by atoms with E-state index < -0.39 is 0 Å². The fraction of sp³-hybridized carbons (Fsp3) is 0.438. The molecule has 0 unspecified atom stereocenters. The SMILES string of the molecule is Nc1ncc(-c2cnc3[nH]c(=O)n(CC4CCCCC4)c3n2)cn1. The highest BCUT2D eigenvalue weighted by atomic mass is 16.1. The molecule has 24 heavy (non-hydrogen) atoms. The number of fused-ring (bicyclic) bond motifs is 1. The molecule has 3 aromatic rings. The van der Waals surface area contributed by atoms with Crippen LogP contribution >= 0.6 is 0 Å². The Morgan fingerprint density at radius 2 is 1.88 bits per heavy atom. The fourth-order valence-electron chi connectivity index (χ4n) is 3.33. The number of hydrogen-bond donors (Lipinski definition) is 2. The number of anilines is 1. The maximum atomic E-state index is 12.3. The minimum absolute atomic E-state index is 0.152. The van der Waals surface area contributed by atoms with Crippen molar-refractivity contribution in [1.29, 1.82) is 0 Å². The topological polar surface area (TPSA) is 115 Å². The molecule has 1 saturated carbocycles. The van der Waals surface area contributed by atoms with E-state index in [0.29, 0.717) is 29.5 Å². The summed E-state index contributed by atoms with van der Waals surface area (Å²) in [6.45, 7) is 0.690. The van der Waals surface area contributed by atoms with Crippen molar-refractivity contribution in [3.63, 3.8) is 0 Å². The molecule has 1 aliphatic carbocycles. The largest absolute Gasteiger partial charge is 0.368 e. The molecule has 3 N–H and O–H groups in total. The third-order valence-corrected chi connectivity index (χ3v) is 4.61. The second-order valence-corrected chi connectivity index (χ2v) is 6.30. The third-order valence-electron chi connectivity index (χ3n) is 4.61. The van der Waals surface area contributed by atoms with Gasteiger partial charge in [0.05, 0.1) is 11.9 Å². The minimum Gasteiger partial charge on any atom is -0.368 e. The number of nitrogen functional groups attached to an aromatic ring is 1. The number of nitrogens with zero attached hydrogens (tertiary/aromatic N) is 5. The van der Waals surface area contributed by atoms with Gasteiger partial charge in [-0.3, -0.25) is 9.55 Å². The van der Waals surface area contributed by atoms with Gasteiger partial charge in [0.2, 0.25) is 5.95 Å². The maximum Gasteiger partial charge on any atom is 0.328 e. The summed E-state index contributed by atoms with van der Waals surface area (Å²) in [6, 6.07) is 0. The molecule has 1 aliphatic rings. The summed E-state index contributed by atoms with van der Waals surface area (Å²) >= 11 is 0.